The molecule has 0 aliphatic rings. The van der Waals surface area contributed by atoms with Gasteiger partial charge < -0.3 is 4.43 Å². The lowest BCUT2D eigenvalue weighted by Gasteiger charge is -2.34. The van der Waals surface area contributed by atoms with E-state index in [1.165, 1.54) is 15.6 Å². The van der Waals surface area contributed by atoms with Crippen LogP contribution < -0.4 is 20.0 Å². The van der Waals surface area contributed by atoms with E-state index in [1.54, 1.807) is 0 Å². The zero-order valence-electron chi connectivity index (χ0n) is 15.7. The molecule has 0 N–H and O–H groups in total. The number of hydrogen-bond donors (Lipinski definition) is 0. The molecule has 0 saturated heterocycles. The molecule has 0 bridgehead atoms. The molecule has 0 radical (unpaired) electrons. The third-order valence-electron chi connectivity index (χ3n) is 4.94. The van der Waals surface area contributed by atoms with E-state index in [0.29, 0.717) is 0 Å². The Kier molecular flexibility index (Phi) is 5.22. The lowest BCUT2D eigenvalue weighted by atomic mass is 10.2. The predicted octanol–water partition coefficient (Wildman–Crippen LogP) is 4.38. The highest BCUT2D eigenvalue weighted by Crippen LogP contribution is 2.23. The van der Waals surface area contributed by atoms with E-state index in [-0.39, 0.29) is 0 Å². The number of benzene rings is 4. The normalized spacial score (nSPS) is 11.0. The Labute approximate surface area is 167 Å². The molecule has 0 unspecified atom stereocenters. The van der Waals surface area contributed by atoms with Crippen molar-refractivity contribution in [3.05, 3.63) is 127 Å². The molecule has 0 aliphatic heterocycles. The minimum atomic E-state index is -2.76. The maximum absolute atomic E-state index is 7.05. The third-order valence-corrected chi connectivity index (χ3v) is 8.91. The minimum Gasteiger partial charge on any atom is -0.530 e. The van der Waals surface area contributed by atoms with Gasteiger partial charge in [-0.3, -0.25) is 0 Å². The molecule has 0 heterocycles. The number of rotatable bonds is 6. The standard InChI is InChI=1S/C26H22OSi/c1-2-22-14-12-13-21-26(22)27-28(23-15-6-3-7-16-23,24-17-8-4-9-18-24)25-19-10-5-11-20-25/h2-21H,1H2. The van der Waals surface area contributed by atoms with Crippen LogP contribution in [0.5, 0.6) is 5.75 Å². The summed E-state index contributed by atoms with van der Waals surface area (Å²) in [6.07, 6.45) is 1.86. The van der Waals surface area contributed by atoms with Crippen molar-refractivity contribution in [3.63, 3.8) is 0 Å². The monoisotopic (exact) mass is 378 g/mol. The Morgan fingerprint density at radius 1 is 0.536 bits per heavy atom. The van der Waals surface area contributed by atoms with Gasteiger partial charge in [0, 0.05) is 5.56 Å². The van der Waals surface area contributed by atoms with Crippen LogP contribution >= 0.6 is 0 Å². The van der Waals surface area contributed by atoms with Crippen molar-refractivity contribution in [2.45, 2.75) is 0 Å². The van der Waals surface area contributed by atoms with Gasteiger partial charge in [-0.05, 0) is 21.6 Å². The van der Waals surface area contributed by atoms with Crippen LogP contribution in [0.4, 0.5) is 0 Å². The van der Waals surface area contributed by atoms with Crippen LogP contribution in [0.3, 0.4) is 0 Å². The molecule has 2 heteroatoms. The first-order valence-corrected chi connectivity index (χ1v) is 11.3. The van der Waals surface area contributed by atoms with E-state index < -0.39 is 8.32 Å². The Morgan fingerprint density at radius 3 is 1.36 bits per heavy atom. The van der Waals surface area contributed by atoms with Crippen molar-refractivity contribution in [1.29, 1.82) is 0 Å². The van der Waals surface area contributed by atoms with Gasteiger partial charge in [-0.15, -0.1) is 0 Å². The summed E-state index contributed by atoms with van der Waals surface area (Å²) < 4.78 is 7.05. The molecule has 28 heavy (non-hydrogen) atoms. The number of hydrogen-bond acceptors (Lipinski definition) is 1. The van der Waals surface area contributed by atoms with E-state index in [1.807, 2.05) is 30.3 Å². The van der Waals surface area contributed by atoms with E-state index in [9.17, 15) is 0 Å². The smallest absolute Gasteiger partial charge is 0.346 e. The van der Waals surface area contributed by atoms with Crippen molar-refractivity contribution < 1.29 is 4.43 Å². The molecule has 0 saturated carbocycles. The molecular formula is C26H22OSi. The molecule has 4 rings (SSSR count). The summed E-state index contributed by atoms with van der Waals surface area (Å²) in [7, 11) is -2.76. The van der Waals surface area contributed by atoms with Gasteiger partial charge in [0.25, 0.3) is 0 Å². The SMILES string of the molecule is C=Cc1ccccc1O[Si](c1ccccc1)(c1ccccc1)c1ccccc1. The van der Waals surface area contributed by atoms with Crippen molar-refractivity contribution in [1.82, 2.24) is 0 Å². The fourth-order valence-corrected chi connectivity index (χ4v) is 7.46. The van der Waals surface area contributed by atoms with E-state index in [0.717, 1.165) is 11.3 Å². The molecule has 136 valence electrons. The highest BCUT2D eigenvalue weighted by molar-refractivity contribution is 7.07. The quantitative estimate of drug-likeness (QED) is 0.357. The number of para-hydroxylation sites is 1. The van der Waals surface area contributed by atoms with Crippen molar-refractivity contribution in [2.24, 2.45) is 0 Å². The van der Waals surface area contributed by atoms with Gasteiger partial charge in [0.15, 0.2) is 0 Å². The van der Waals surface area contributed by atoms with E-state index in [4.69, 9.17) is 4.43 Å². The van der Waals surface area contributed by atoms with Crippen LogP contribution in [-0.2, 0) is 0 Å². The fourth-order valence-electron chi connectivity index (χ4n) is 3.60. The van der Waals surface area contributed by atoms with Crippen LogP contribution in [0, 0.1) is 0 Å². The summed E-state index contributed by atoms with van der Waals surface area (Å²) in [5.41, 5.74) is 1.00. The predicted molar refractivity (Wildman–Crippen MR) is 121 cm³/mol. The lowest BCUT2D eigenvalue weighted by molar-refractivity contribution is 0.575. The van der Waals surface area contributed by atoms with Crippen LogP contribution in [0.25, 0.3) is 6.08 Å². The summed E-state index contributed by atoms with van der Waals surface area (Å²) in [5.74, 6) is 0.862. The van der Waals surface area contributed by atoms with Crippen LogP contribution in [0.2, 0.25) is 0 Å². The summed E-state index contributed by atoms with van der Waals surface area (Å²) in [6, 6.07) is 39.9. The Bertz CT molecular complexity index is 947. The fraction of sp³-hybridized carbons (Fsp3) is 0. The van der Waals surface area contributed by atoms with Crippen molar-refractivity contribution in [3.8, 4) is 5.75 Å². The van der Waals surface area contributed by atoms with Gasteiger partial charge >= 0.3 is 8.32 Å². The minimum absolute atomic E-state index is 0.862. The molecule has 4 aromatic carbocycles. The van der Waals surface area contributed by atoms with E-state index >= 15 is 0 Å². The van der Waals surface area contributed by atoms with Gasteiger partial charge in [0.05, 0.1) is 0 Å². The summed E-state index contributed by atoms with van der Waals surface area (Å²) >= 11 is 0. The third kappa shape index (κ3) is 3.30. The van der Waals surface area contributed by atoms with Gasteiger partial charge in [-0.1, -0.05) is 122 Å². The van der Waals surface area contributed by atoms with Crippen LogP contribution in [0.1, 0.15) is 5.56 Å². The second-order valence-electron chi connectivity index (χ2n) is 6.62. The lowest BCUT2D eigenvalue weighted by Crippen LogP contribution is -2.71. The molecule has 1 nitrogen and oxygen atoms in total. The van der Waals surface area contributed by atoms with E-state index in [2.05, 4.69) is 97.6 Å². The summed E-state index contributed by atoms with van der Waals surface area (Å²) in [4.78, 5) is 0. The van der Waals surface area contributed by atoms with Gasteiger partial charge in [0.2, 0.25) is 0 Å². The maximum Gasteiger partial charge on any atom is 0.346 e. The molecular weight excluding hydrogens is 356 g/mol. The zero-order chi connectivity index (χ0) is 19.2. The van der Waals surface area contributed by atoms with Gasteiger partial charge in [-0.25, -0.2) is 0 Å². The molecule has 0 fully saturated rings. The first-order valence-electron chi connectivity index (χ1n) is 9.41. The van der Waals surface area contributed by atoms with Crippen molar-refractivity contribution in [2.75, 3.05) is 0 Å². The average molecular weight is 379 g/mol. The first kappa shape index (κ1) is 18.0. The Morgan fingerprint density at radius 2 is 0.929 bits per heavy atom. The van der Waals surface area contributed by atoms with Crippen molar-refractivity contribution >= 4 is 30.0 Å². The second-order valence-corrected chi connectivity index (χ2v) is 9.92. The van der Waals surface area contributed by atoms with Crippen LogP contribution in [0.15, 0.2) is 122 Å². The molecule has 0 atom stereocenters. The first-order chi connectivity index (χ1) is 13.8. The highest BCUT2D eigenvalue weighted by Gasteiger charge is 2.44. The topological polar surface area (TPSA) is 9.23 Å². The average Bonchev–Trinajstić information content (AvgIpc) is 2.79. The Hall–Kier alpha value is -3.36. The summed E-state index contributed by atoms with van der Waals surface area (Å²) in [5, 5.41) is 3.64. The summed E-state index contributed by atoms with van der Waals surface area (Å²) in [6.45, 7) is 3.98. The second kappa shape index (κ2) is 8.11. The molecule has 0 aromatic heterocycles. The highest BCUT2D eigenvalue weighted by atomic mass is 28.4. The Balaban J connectivity index is 2.02. The molecule has 0 amide bonds. The van der Waals surface area contributed by atoms with Gasteiger partial charge in [0.1, 0.15) is 5.75 Å². The van der Waals surface area contributed by atoms with Crippen LogP contribution in [-0.4, -0.2) is 8.32 Å². The molecule has 0 aliphatic carbocycles. The molecule has 0 spiro atoms. The maximum atomic E-state index is 7.05. The zero-order valence-corrected chi connectivity index (χ0v) is 16.7. The largest absolute Gasteiger partial charge is 0.530 e. The molecule has 4 aromatic rings. The van der Waals surface area contributed by atoms with Gasteiger partial charge in [-0.2, -0.15) is 0 Å².